The monoisotopic (exact) mass is 284 g/mol. The third-order valence-corrected chi connectivity index (χ3v) is 4.41. The molecule has 1 amide bonds. The molecule has 1 aromatic rings. The molecule has 0 aliphatic carbocycles. The quantitative estimate of drug-likeness (QED) is 0.663. The summed E-state index contributed by atoms with van der Waals surface area (Å²) in [6.07, 6.45) is 2.11. The highest BCUT2D eigenvalue weighted by atomic mass is 32.2. The lowest BCUT2D eigenvalue weighted by Crippen LogP contribution is -2.47. The molecule has 0 radical (unpaired) electrons. The van der Waals surface area contributed by atoms with Crippen LogP contribution in [-0.4, -0.2) is 31.9 Å². The number of amides is 1. The Labute approximate surface area is 111 Å². The lowest BCUT2D eigenvalue weighted by atomic mass is 10.1. The molecule has 0 aromatic carbocycles. The van der Waals surface area contributed by atoms with E-state index in [1.165, 1.54) is 12.3 Å². The molecule has 2 heterocycles. The van der Waals surface area contributed by atoms with Crippen LogP contribution in [0.2, 0.25) is 0 Å². The zero-order valence-corrected chi connectivity index (χ0v) is 11.1. The van der Waals surface area contributed by atoms with Crippen molar-refractivity contribution in [1.29, 1.82) is 0 Å². The predicted octanol–water partition coefficient (Wildman–Crippen LogP) is -0.903. The molecular weight excluding hydrogens is 268 g/mol. The number of rotatable bonds is 4. The van der Waals surface area contributed by atoms with Crippen LogP contribution in [0.1, 0.15) is 18.5 Å². The van der Waals surface area contributed by atoms with Crippen molar-refractivity contribution >= 4 is 15.9 Å². The molecule has 1 saturated heterocycles. The van der Waals surface area contributed by atoms with E-state index in [0.717, 1.165) is 0 Å². The number of nitrogens with two attached hydrogens (primary N) is 1. The molecule has 1 aliphatic rings. The van der Waals surface area contributed by atoms with Crippen molar-refractivity contribution in [2.24, 2.45) is 5.73 Å². The lowest BCUT2D eigenvalue weighted by Gasteiger charge is -2.23. The maximum absolute atomic E-state index is 12.1. The second-order valence-corrected chi connectivity index (χ2v) is 6.06. The Bertz CT molecular complexity index is 546. The van der Waals surface area contributed by atoms with Crippen LogP contribution in [0.4, 0.5) is 0 Å². The SMILES string of the molecule is NCc1ccc(S(=O)(=O)NC2CCC(=O)NC2)cn1. The van der Waals surface area contributed by atoms with E-state index >= 15 is 0 Å². The topological polar surface area (TPSA) is 114 Å². The summed E-state index contributed by atoms with van der Waals surface area (Å²) in [5, 5.41) is 2.63. The summed E-state index contributed by atoms with van der Waals surface area (Å²) in [6.45, 7) is 0.578. The van der Waals surface area contributed by atoms with E-state index in [0.29, 0.717) is 25.1 Å². The number of aromatic nitrogens is 1. The van der Waals surface area contributed by atoms with Crippen LogP contribution in [0.25, 0.3) is 0 Å². The highest BCUT2D eigenvalue weighted by Gasteiger charge is 2.24. The van der Waals surface area contributed by atoms with E-state index in [1.54, 1.807) is 6.07 Å². The predicted molar refractivity (Wildman–Crippen MR) is 68.5 cm³/mol. The fraction of sp³-hybridized carbons (Fsp3) is 0.455. The van der Waals surface area contributed by atoms with Gasteiger partial charge in [-0.15, -0.1) is 0 Å². The van der Waals surface area contributed by atoms with Crippen LogP contribution in [0.5, 0.6) is 0 Å². The molecule has 19 heavy (non-hydrogen) atoms. The molecule has 1 atom stereocenters. The van der Waals surface area contributed by atoms with Crippen LogP contribution >= 0.6 is 0 Å². The summed E-state index contributed by atoms with van der Waals surface area (Å²) in [7, 11) is -3.61. The minimum atomic E-state index is -3.61. The van der Waals surface area contributed by atoms with Gasteiger partial charge in [0.15, 0.2) is 0 Å². The number of piperidine rings is 1. The largest absolute Gasteiger partial charge is 0.355 e. The standard InChI is InChI=1S/C11H16N4O3S/c12-5-8-1-3-10(7-13-8)19(17,18)15-9-2-4-11(16)14-6-9/h1,3,7,9,15H,2,4-6,12H2,(H,14,16). The first kappa shape index (κ1) is 13.9. The third-order valence-electron chi connectivity index (χ3n) is 2.90. The summed E-state index contributed by atoms with van der Waals surface area (Å²) >= 11 is 0. The third kappa shape index (κ3) is 3.49. The van der Waals surface area contributed by atoms with Crippen molar-refractivity contribution in [3.8, 4) is 0 Å². The van der Waals surface area contributed by atoms with Crippen molar-refractivity contribution in [3.63, 3.8) is 0 Å². The van der Waals surface area contributed by atoms with Gasteiger partial charge in [0.2, 0.25) is 15.9 Å². The van der Waals surface area contributed by atoms with Crippen LogP contribution < -0.4 is 15.8 Å². The Morgan fingerprint density at radius 2 is 2.26 bits per heavy atom. The fourth-order valence-electron chi connectivity index (χ4n) is 1.81. The first-order chi connectivity index (χ1) is 9.01. The maximum Gasteiger partial charge on any atom is 0.242 e. The van der Waals surface area contributed by atoms with Crippen molar-refractivity contribution in [2.45, 2.75) is 30.3 Å². The Morgan fingerprint density at radius 3 is 2.79 bits per heavy atom. The van der Waals surface area contributed by atoms with Gasteiger partial charge in [-0.25, -0.2) is 13.1 Å². The van der Waals surface area contributed by atoms with Crippen LogP contribution in [0.3, 0.4) is 0 Å². The molecule has 1 fully saturated rings. The number of nitrogens with zero attached hydrogens (tertiary/aromatic N) is 1. The summed E-state index contributed by atoms with van der Waals surface area (Å²) in [5.41, 5.74) is 6.03. The second kappa shape index (κ2) is 5.64. The van der Waals surface area contributed by atoms with Crippen LogP contribution in [0, 0.1) is 0 Å². The van der Waals surface area contributed by atoms with Crippen LogP contribution in [-0.2, 0) is 21.4 Å². The first-order valence-corrected chi connectivity index (χ1v) is 7.43. The molecule has 1 aliphatic heterocycles. The Balaban J connectivity index is 2.06. The molecule has 0 saturated carbocycles. The first-order valence-electron chi connectivity index (χ1n) is 5.95. The van der Waals surface area contributed by atoms with Gasteiger partial charge in [-0.2, -0.15) is 0 Å². The fourth-order valence-corrected chi connectivity index (χ4v) is 3.03. The van der Waals surface area contributed by atoms with E-state index in [4.69, 9.17) is 5.73 Å². The lowest BCUT2D eigenvalue weighted by molar-refractivity contribution is -0.122. The summed E-state index contributed by atoms with van der Waals surface area (Å²) in [4.78, 5) is 15.1. The molecule has 1 unspecified atom stereocenters. The van der Waals surface area contributed by atoms with E-state index in [-0.39, 0.29) is 23.4 Å². The summed E-state index contributed by atoms with van der Waals surface area (Å²) in [6, 6.07) is 2.77. The number of carbonyl (C=O) groups is 1. The molecule has 2 rings (SSSR count). The molecule has 104 valence electrons. The molecule has 4 N–H and O–H groups in total. The van der Waals surface area contributed by atoms with Gasteiger partial charge < -0.3 is 11.1 Å². The van der Waals surface area contributed by atoms with Gasteiger partial charge in [-0.05, 0) is 18.6 Å². The zero-order valence-electron chi connectivity index (χ0n) is 10.3. The van der Waals surface area contributed by atoms with Crippen molar-refractivity contribution in [1.82, 2.24) is 15.0 Å². The van der Waals surface area contributed by atoms with Gasteiger partial charge in [0, 0.05) is 31.7 Å². The van der Waals surface area contributed by atoms with Gasteiger partial charge in [-0.1, -0.05) is 0 Å². The molecule has 8 heteroatoms. The van der Waals surface area contributed by atoms with E-state index < -0.39 is 10.0 Å². The van der Waals surface area contributed by atoms with Crippen LogP contribution in [0.15, 0.2) is 23.2 Å². The molecule has 7 nitrogen and oxygen atoms in total. The smallest absolute Gasteiger partial charge is 0.242 e. The Hall–Kier alpha value is -1.51. The van der Waals surface area contributed by atoms with Gasteiger partial charge in [0.05, 0.1) is 5.69 Å². The average Bonchev–Trinajstić information content (AvgIpc) is 2.41. The van der Waals surface area contributed by atoms with E-state index in [1.807, 2.05) is 0 Å². The minimum absolute atomic E-state index is 0.0515. The average molecular weight is 284 g/mol. The molecule has 0 bridgehead atoms. The number of sulfonamides is 1. The van der Waals surface area contributed by atoms with E-state index in [2.05, 4.69) is 15.0 Å². The van der Waals surface area contributed by atoms with Crippen molar-refractivity contribution < 1.29 is 13.2 Å². The number of carbonyl (C=O) groups excluding carboxylic acids is 1. The normalized spacial score (nSPS) is 20.1. The number of pyridine rings is 1. The van der Waals surface area contributed by atoms with E-state index in [9.17, 15) is 13.2 Å². The number of hydrogen-bond donors (Lipinski definition) is 3. The number of hydrogen-bond acceptors (Lipinski definition) is 5. The molecule has 1 aromatic heterocycles. The van der Waals surface area contributed by atoms with Gasteiger partial charge in [-0.3, -0.25) is 9.78 Å². The summed E-state index contributed by atoms with van der Waals surface area (Å²) in [5.74, 6) is -0.0515. The minimum Gasteiger partial charge on any atom is -0.355 e. The molecular formula is C11H16N4O3S. The number of nitrogens with one attached hydrogen (secondary N) is 2. The molecule has 0 spiro atoms. The summed E-state index contributed by atoms with van der Waals surface area (Å²) < 4.78 is 26.7. The highest BCUT2D eigenvalue weighted by molar-refractivity contribution is 7.89. The van der Waals surface area contributed by atoms with Crippen molar-refractivity contribution in [2.75, 3.05) is 6.54 Å². The van der Waals surface area contributed by atoms with Gasteiger partial charge in [0.25, 0.3) is 0 Å². The Kier molecular flexibility index (Phi) is 4.13. The van der Waals surface area contributed by atoms with Gasteiger partial charge >= 0.3 is 0 Å². The second-order valence-electron chi connectivity index (χ2n) is 4.35. The highest BCUT2D eigenvalue weighted by Crippen LogP contribution is 2.11. The zero-order chi connectivity index (χ0) is 13.9. The maximum atomic E-state index is 12.1. The Morgan fingerprint density at radius 1 is 1.47 bits per heavy atom. The van der Waals surface area contributed by atoms with Crippen molar-refractivity contribution in [3.05, 3.63) is 24.0 Å². The van der Waals surface area contributed by atoms with Gasteiger partial charge in [0.1, 0.15) is 4.90 Å².